The lowest BCUT2D eigenvalue weighted by Gasteiger charge is -2.09. The average molecular weight is 326 g/mol. The van der Waals surface area contributed by atoms with Crippen LogP contribution in [-0.2, 0) is 6.42 Å². The number of carboxylic acids is 1. The number of hydrogen-bond acceptors (Lipinski definition) is 4. The SMILES string of the molecule is Nc1cnc(NCCc2ccc(Cl)cc2Cl)cc1C(=O)O. The summed E-state index contributed by atoms with van der Waals surface area (Å²) < 4.78 is 0. The van der Waals surface area contributed by atoms with E-state index in [2.05, 4.69) is 10.3 Å². The number of aromatic carboxylic acids is 1. The molecule has 0 spiro atoms. The molecule has 1 aromatic carbocycles. The van der Waals surface area contributed by atoms with Crippen LogP contribution in [0.3, 0.4) is 0 Å². The van der Waals surface area contributed by atoms with E-state index < -0.39 is 5.97 Å². The Labute approximate surface area is 131 Å². The number of aromatic nitrogens is 1. The molecule has 21 heavy (non-hydrogen) atoms. The topological polar surface area (TPSA) is 88.2 Å². The Kier molecular flexibility index (Phi) is 4.88. The highest BCUT2D eigenvalue weighted by molar-refractivity contribution is 6.35. The summed E-state index contributed by atoms with van der Waals surface area (Å²) in [6.45, 7) is 0.553. The third-order valence-corrected chi connectivity index (χ3v) is 3.47. The van der Waals surface area contributed by atoms with Crippen LogP contribution in [0, 0.1) is 0 Å². The van der Waals surface area contributed by atoms with Gasteiger partial charge >= 0.3 is 5.97 Å². The molecule has 0 atom stereocenters. The van der Waals surface area contributed by atoms with E-state index in [4.69, 9.17) is 34.0 Å². The van der Waals surface area contributed by atoms with Crippen molar-refractivity contribution in [3.05, 3.63) is 51.6 Å². The van der Waals surface area contributed by atoms with Gasteiger partial charge in [0.15, 0.2) is 0 Å². The summed E-state index contributed by atoms with van der Waals surface area (Å²) in [4.78, 5) is 15.0. The van der Waals surface area contributed by atoms with Crippen molar-refractivity contribution >= 4 is 40.7 Å². The molecule has 110 valence electrons. The molecule has 4 N–H and O–H groups in total. The van der Waals surface area contributed by atoms with E-state index in [9.17, 15) is 4.79 Å². The van der Waals surface area contributed by atoms with Crippen LogP contribution in [0.2, 0.25) is 10.0 Å². The molecule has 0 aliphatic rings. The Bertz CT molecular complexity index is 677. The molecular weight excluding hydrogens is 313 g/mol. The summed E-state index contributed by atoms with van der Waals surface area (Å²) in [6, 6.07) is 6.71. The number of hydrogen-bond donors (Lipinski definition) is 3. The number of rotatable bonds is 5. The number of carbonyl (C=O) groups is 1. The first-order chi connectivity index (χ1) is 9.97. The van der Waals surface area contributed by atoms with Crippen LogP contribution in [0.4, 0.5) is 11.5 Å². The summed E-state index contributed by atoms with van der Waals surface area (Å²) in [5, 5.41) is 13.2. The maximum Gasteiger partial charge on any atom is 0.337 e. The number of halogens is 2. The lowest BCUT2D eigenvalue weighted by molar-refractivity contribution is 0.0698. The molecule has 1 heterocycles. The second-order valence-corrected chi connectivity index (χ2v) is 5.22. The first kappa shape index (κ1) is 15.4. The van der Waals surface area contributed by atoms with E-state index in [1.54, 1.807) is 12.1 Å². The molecule has 0 saturated carbocycles. The number of pyridine rings is 1. The van der Waals surface area contributed by atoms with E-state index in [-0.39, 0.29) is 11.3 Å². The Morgan fingerprint density at radius 3 is 2.76 bits per heavy atom. The Balaban J connectivity index is 2.00. The maximum absolute atomic E-state index is 11.0. The van der Waals surface area contributed by atoms with Gasteiger partial charge in [0.2, 0.25) is 0 Å². The highest BCUT2D eigenvalue weighted by atomic mass is 35.5. The molecule has 0 bridgehead atoms. The monoisotopic (exact) mass is 325 g/mol. The second-order valence-electron chi connectivity index (χ2n) is 4.37. The van der Waals surface area contributed by atoms with Crippen molar-refractivity contribution < 1.29 is 9.90 Å². The fourth-order valence-electron chi connectivity index (χ4n) is 1.80. The third-order valence-electron chi connectivity index (χ3n) is 2.88. The van der Waals surface area contributed by atoms with Crippen molar-refractivity contribution in [2.24, 2.45) is 0 Å². The van der Waals surface area contributed by atoms with Gasteiger partial charge in [-0.25, -0.2) is 9.78 Å². The number of nitrogens with two attached hydrogens (primary N) is 1. The summed E-state index contributed by atoms with van der Waals surface area (Å²) in [5.74, 6) is -0.634. The molecule has 2 rings (SSSR count). The molecule has 0 radical (unpaired) electrons. The smallest absolute Gasteiger partial charge is 0.337 e. The zero-order valence-corrected chi connectivity index (χ0v) is 12.4. The van der Waals surface area contributed by atoms with E-state index in [0.717, 1.165) is 5.56 Å². The van der Waals surface area contributed by atoms with Crippen molar-refractivity contribution in [3.63, 3.8) is 0 Å². The summed E-state index contributed by atoms with van der Waals surface area (Å²) >= 11 is 11.9. The highest BCUT2D eigenvalue weighted by Gasteiger charge is 2.09. The van der Waals surface area contributed by atoms with Crippen LogP contribution in [0.15, 0.2) is 30.5 Å². The fourth-order valence-corrected chi connectivity index (χ4v) is 2.30. The molecular formula is C14H13Cl2N3O2. The Morgan fingerprint density at radius 1 is 1.33 bits per heavy atom. The van der Waals surface area contributed by atoms with Crippen molar-refractivity contribution in [3.8, 4) is 0 Å². The summed E-state index contributed by atoms with van der Waals surface area (Å²) in [6.07, 6.45) is 1.98. The highest BCUT2D eigenvalue weighted by Crippen LogP contribution is 2.21. The standard InChI is InChI=1S/C14H13Cl2N3O2/c15-9-2-1-8(11(16)5-9)3-4-18-13-6-10(14(20)21)12(17)7-19-13/h1-2,5-7H,3-4,17H2,(H,18,19)(H,20,21). The maximum atomic E-state index is 11.0. The molecule has 1 aromatic heterocycles. The number of nitrogen functional groups attached to an aromatic ring is 1. The third kappa shape index (κ3) is 4.00. The Morgan fingerprint density at radius 2 is 2.10 bits per heavy atom. The number of carboxylic acid groups (broad SMARTS) is 1. The molecule has 2 aromatic rings. The van der Waals surface area contributed by atoms with Gasteiger partial charge in [-0.1, -0.05) is 29.3 Å². The summed E-state index contributed by atoms with van der Waals surface area (Å²) in [5.41, 5.74) is 6.65. The van der Waals surface area contributed by atoms with Gasteiger partial charge in [0.1, 0.15) is 5.82 Å². The lowest BCUT2D eigenvalue weighted by atomic mass is 10.1. The predicted octanol–water partition coefficient (Wildman–Crippen LogP) is 3.32. The van der Waals surface area contributed by atoms with E-state index >= 15 is 0 Å². The van der Waals surface area contributed by atoms with Gasteiger partial charge in [-0.15, -0.1) is 0 Å². The van der Waals surface area contributed by atoms with Gasteiger partial charge in [-0.3, -0.25) is 0 Å². The zero-order chi connectivity index (χ0) is 15.4. The predicted molar refractivity (Wildman–Crippen MR) is 84.3 cm³/mol. The van der Waals surface area contributed by atoms with Gasteiger partial charge in [-0.2, -0.15) is 0 Å². The van der Waals surface area contributed by atoms with Gasteiger partial charge in [0, 0.05) is 16.6 Å². The fraction of sp³-hybridized carbons (Fsp3) is 0.143. The van der Waals surface area contributed by atoms with Gasteiger partial charge < -0.3 is 16.2 Å². The molecule has 7 heteroatoms. The van der Waals surface area contributed by atoms with Crippen molar-refractivity contribution in [1.29, 1.82) is 0 Å². The number of nitrogens with one attached hydrogen (secondary N) is 1. The van der Waals surface area contributed by atoms with Gasteiger partial charge in [-0.05, 0) is 30.2 Å². The molecule has 0 amide bonds. The summed E-state index contributed by atoms with van der Waals surface area (Å²) in [7, 11) is 0. The first-order valence-corrected chi connectivity index (χ1v) is 6.89. The van der Waals surface area contributed by atoms with Crippen LogP contribution in [0.5, 0.6) is 0 Å². The minimum absolute atomic E-state index is 0.0250. The van der Waals surface area contributed by atoms with E-state index in [0.29, 0.717) is 28.8 Å². The second kappa shape index (κ2) is 6.65. The van der Waals surface area contributed by atoms with E-state index in [1.807, 2.05) is 6.07 Å². The van der Waals surface area contributed by atoms with Crippen LogP contribution >= 0.6 is 23.2 Å². The number of benzene rings is 1. The molecule has 0 aliphatic carbocycles. The minimum Gasteiger partial charge on any atom is -0.478 e. The van der Waals surface area contributed by atoms with Crippen molar-refractivity contribution in [2.45, 2.75) is 6.42 Å². The van der Waals surface area contributed by atoms with Crippen LogP contribution in [0.1, 0.15) is 15.9 Å². The van der Waals surface area contributed by atoms with E-state index in [1.165, 1.54) is 12.3 Å². The quantitative estimate of drug-likeness (QED) is 0.784. The van der Waals surface area contributed by atoms with Gasteiger partial charge in [0.05, 0.1) is 17.4 Å². The van der Waals surface area contributed by atoms with Crippen molar-refractivity contribution in [2.75, 3.05) is 17.6 Å². The zero-order valence-electron chi connectivity index (χ0n) is 10.9. The molecule has 5 nitrogen and oxygen atoms in total. The molecule has 0 unspecified atom stereocenters. The minimum atomic E-state index is -1.08. The van der Waals surface area contributed by atoms with Crippen molar-refractivity contribution in [1.82, 2.24) is 4.98 Å². The number of anilines is 2. The van der Waals surface area contributed by atoms with Crippen LogP contribution in [0.25, 0.3) is 0 Å². The molecule has 0 aliphatic heterocycles. The molecule has 0 saturated heterocycles. The van der Waals surface area contributed by atoms with Crippen LogP contribution in [-0.4, -0.2) is 22.6 Å². The Hall–Kier alpha value is -1.98. The van der Waals surface area contributed by atoms with Gasteiger partial charge in [0.25, 0.3) is 0 Å². The molecule has 0 fully saturated rings. The lowest BCUT2D eigenvalue weighted by Crippen LogP contribution is -2.09. The number of nitrogens with zero attached hydrogens (tertiary/aromatic N) is 1. The first-order valence-electron chi connectivity index (χ1n) is 6.14. The largest absolute Gasteiger partial charge is 0.478 e. The average Bonchev–Trinajstić information content (AvgIpc) is 2.42. The normalized spacial score (nSPS) is 10.4. The van der Waals surface area contributed by atoms with Crippen LogP contribution < -0.4 is 11.1 Å².